The standard InChI is InChI=1S/C13H23N3OS/c1-4-6-7-16(10(3)5-2)12(17)8-11-9-18-13(14)15-11/h9-10H,4-8H2,1-3H3,(H2,14,15). The lowest BCUT2D eigenvalue weighted by Crippen LogP contribution is -2.40. The monoisotopic (exact) mass is 269 g/mol. The van der Waals surface area contributed by atoms with E-state index in [0.29, 0.717) is 17.6 Å². The second kappa shape index (κ2) is 7.36. The number of aromatic nitrogens is 1. The van der Waals surface area contributed by atoms with Crippen molar-refractivity contribution in [2.24, 2.45) is 0 Å². The Morgan fingerprint density at radius 1 is 1.56 bits per heavy atom. The quantitative estimate of drug-likeness (QED) is 0.828. The van der Waals surface area contributed by atoms with Crippen molar-refractivity contribution in [1.82, 2.24) is 9.88 Å². The van der Waals surface area contributed by atoms with E-state index in [1.807, 2.05) is 10.3 Å². The molecular formula is C13H23N3OS. The van der Waals surface area contributed by atoms with Crippen molar-refractivity contribution in [3.05, 3.63) is 11.1 Å². The predicted octanol–water partition coefficient (Wildman–Crippen LogP) is 2.70. The predicted molar refractivity (Wildman–Crippen MR) is 76.6 cm³/mol. The number of hydrogen-bond acceptors (Lipinski definition) is 4. The average Bonchev–Trinajstić information content (AvgIpc) is 2.74. The Morgan fingerprint density at radius 3 is 2.78 bits per heavy atom. The van der Waals surface area contributed by atoms with Crippen molar-refractivity contribution in [2.75, 3.05) is 12.3 Å². The van der Waals surface area contributed by atoms with Gasteiger partial charge in [0.05, 0.1) is 12.1 Å². The number of amides is 1. The number of carbonyl (C=O) groups is 1. The molecule has 0 saturated carbocycles. The molecule has 0 fully saturated rings. The van der Waals surface area contributed by atoms with Gasteiger partial charge in [0.1, 0.15) is 0 Å². The SMILES string of the molecule is CCCCN(C(=O)Cc1csc(N)n1)C(C)CC. The van der Waals surface area contributed by atoms with Crippen LogP contribution < -0.4 is 5.73 Å². The van der Waals surface area contributed by atoms with Gasteiger partial charge in [0.25, 0.3) is 0 Å². The number of hydrogen-bond donors (Lipinski definition) is 1. The van der Waals surface area contributed by atoms with Crippen molar-refractivity contribution >= 4 is 22.4 Å². The van der Waals surface area contributed by atoms with E-state index in [-0.39, 0.29) is 5.91 Å². The number of thiazole rings is 1. The normalized spacial score (nSPS) is 12.4. The van der Waals surface area contributed by atoms with Crippen molar-refractivity contribution in [2.45, 2.75) is 52.5 Å². The molecule has 1 aromatic rings. The summed E-state index contributed by atoms with van der Waals surface area (Å²) in [6.45, 7) is 7.19. The van der Waals surface area contributed by atoms with Crippen LogP contribution in [0.25, 0.3) is 0 Å². The zero-order valence-electron chi connectivity index (χ0n) is 11.5. The smallest absolute Gasteiger partial charge is 0.228 e. The molecule has 1 amide bonds. The van der Waals surface area contributed by atoms with Crippen molar-refractivity contribution in [3.8, 4) is 0 Å². The lowest BCUT2D eigenvalue weighted by atomic mass is 10.1. The third-order valence-electron chi connectivity index (χ3n) is 3.10. The number of carbonyl (C=O) groups excluding carboxylic acids is 1. The molecule has 1 unspecified atom stereocenters. The van der Waals surface area contributed by atoms with Crippen LogP contribution in [0.1, 0.15) is 45.7 Å². The molecule has 4 nitrogen and oxygen atoms in total. The number of rotatable bonds is 7. The van der Waals surface area contributed by atoms with Crippen LogP contribution >= 0.6 is 11.3 Å². The minimum atomic E-state index is 0.156. The molecule has 0 bridgehead atoms. The molecule has 5 heteroatoms. The van der Waals surface area contributed by atoms with Gasteiger partial charge in [-0.1, -0.05) is 20.3 Å². The highest BCUT2D eigenvalue weighted by Gasteiger charge is 2.19. The summed E-state index contributed by atoms with van der Waals surface area (Å²) < 4.78 is 0. The van der Waals surface area contributed by atoms with E-state index in [4.69, 9.17) is 5.73 Å². The lowest BCUT2D eigenvalue weighted by Gasteiger charge is -2.28. The van der Waals surface area contributed by atoms with E-state index in [2.05, 4.69) is 25.8 Å². The summed E-state index contributed by atoms with van der Waals surface area (Å²) in [5, 5.41) is 2.39. The van der Waals surface area contributed by atoms with Crippen molar-refractivity contribution in [3.63, 3.8) is 0 Å². The average molecular weight is 269 g/mol. The maximum atomic E-state index is 12.3. The highest BCUT2D eigenvalue weighted by molar-refractivity contribution is 7.13. The molecule has 1 heterocycles. The van der Waals surface area contributed by atoms with Crippen LogP contribution in [0.2, 0.25) is 0 Å². The van der Waals surface area contributed by atoms with Gasteiger partial charge in [0.2, 0.25) is 5.91 Å². The van der Waals surface area contributed by atoms with Gasteiger partial charge in [-0.05, 0) is 19.8 Å². The van der Waals surface area contributed by atoms with E-state index in [1.54, 1.807) is 0 Å². The number of nitrogen functional groups attached to an aromatic ring is 1. The molecule has 0 aliphatic carbocycles. The maximum absolute atomic E-state index is 12.3. The molecule has 0 saturated heterocycles. The Kier molecular flexibility index (Phi) is 6.12. The molecule has 0 radical (unpaired) electrons. The molecule has 102 valence electrons. The van der Waals surface area contributed by atoms with Gasteiger partial charge < -0.3 is 10.6 Å². The first-order valence-electron chi connectivity index (χ1n) is 6.57. The molecule has 2 N–H and O–H groups in total. The van der Waals surface area contributed by atoms with Gasteiger partial charge in [0.15, 0.2) is 5.13 Å². The molecule has 18 heavy (non-hydrogen) atoms. The molecular weight excluding hydrogens is 246 g/mol. The number of unbranched alkanes of at least 4 members (excludes halogenated alkanes) is 1. The van der Waals surface area contributed by atoms with Crippen LogP contribution in [0.3, 0.4) is 0 Å². The molecule has 0 aromatic carbocycles. The van der Waals surface area contributed by atoms with E-state index in [1.165, 1.54) is 11.3 Å². The van der Waals surface area contributed by atoms with E-state index < -0.39 is 0 Å². The molecule has 1 atom stereocenters. The van der Waals surface area contributed by atoms with Gasteiger partial charge in [-0.25, -0.2) is 4.98 Å². The van der Waals surface area contributed by atoms with Gasteiger partial charge in [-0.3, -0.25) is 4.79 Å². The fourth-order valence-corrected chi connectivity index (χ4v) is 2.36. The van der Waals surface area contributed by atoms with Crippen LogP contribution in [0, 0.1) is 0 Å². The highest BCUT2D eigenvalue weighted by atomic mass is 32.1. The first-order chi connectivity index (χ1) is 8.58. The molecule has 1 rings (SSSR count). The van der Waals surface area contributed by atoms with Gasteiger partial charge in [-0.2, -0.15) is 0 Å². The summed E-state index contributed by atoms with van der Waals surface area (Å²) in [5.74, 6) is 0.156. The summed E-state index contributed by atoms with van der Waals surface area (Å²) in [5.41, 5.74) is 6.36. The first-order valence-corrected chi connectivity index (χ1v) is 7.45. The van der Waals surface area contributed by atoms with E-state index in [0.717, 1.165) is 31.5 Å². The second-order valence-electron chi connectivity index (χ2n) is 4.55. The third kappa shape index (κ3) is 4.29. The van der Waals surface area contributed by atoms with Crippen LogP contribution in [0.4, 0.5) is 5.13 Å². The molecule has 0 aliphatic heterocycles. The Balaban J connectivity index is 2.63. The Labute approximate surface area is 113 Å². The largest absolute Gasteiger partial charge is 0.375 e. The molecule has 0 aliphatic rings. The molecule has 0 spiro atoms. The lowest BCUT2D eigenvalue weighted by molar-refractivity contribution is -0.132. The highest BCUT2D eigenvalue weighted by Crippen LogP contribution is 2.14. The van der Waals surface area contributed by atoms with E-state index >= 15 is 0 Å². The fraction of sp³-hybridized carbons (Fsp3) is 0.692. The van der Waals surface area contributed by atoms with Crippen molar-refractivity contribution in [1.29, 1.82) is 0 Å². The van der Waals surface area contributed by atoms with Crippen LogP contribution in [0.15, 0.2) is 5.38 Å². The Hall–Kier alpha value is -1.10. The fourth-order valence-electron chi connectivity index (χ4n) is 1.80. The van der Waals surface area contributed by atoms with Crippen LogP contribution in [0.5, 0.6) is 0 Å². The van der Waals surface area contributed by atoms with Crippen molar-refractivity contribution < 1.29 is 4.79 Å². The maximum Gasteiger partial charge on any atom is 0.228 e. The summed E-state index contributed by atoms with van der Waals surface area (Å²) in [7, 11) is 0. The van der Waals surface area contributed by atoms with Gasteiger partial charge >= 0.3 is 0 Å². The summed E-state index contributed by atoms with van der Waals surface area (Å²) in [4.78, 5) is 18.4. The zero-order valence-corrected chi connectivity index (χ0v) is 12.3. The zero-order chi connectivity index (χ0) is 13.5. The second-order valence-corrected chi connectivity index (χ2v) is 5.44. The minimum absolute atomic E-state index is 0.156. The number of nitrogens with zero attached hydrogens (tertiary/aromatic N) is 2. The van der Waals surface area contributed by atoms with Crippen LogP contribution in [-0.4, -0.2) is 28.4 Å². The Bertz CT molecular complexity index is 378. The third-order valence-corrected chi connectivity index (χ3v) is 3.82. The Morgan fingerprint density at radius 2 is 2.28 bits per heavy atom. The van der Waals surface area contributed by atoms with E-state index in [9.17, 15) is 4.79 Å². The van der Waals surface area contributed by atoms with Gasteiger partial charge in [0, 0.05) is 18.0 Å². The summed E-state index contributed by atoms with van der Waals surface area (Å²) in [6.07, 6.45) is 3.50. The topological polar surface area (TPSA) is 59.2 Å². The molecule has 1 aromatic heterocycles. The number of anilines is 1. The summed E-state index contributed by atoms with van der Waals surface area (Å²) >= 11 is 1.39. The van der Waals surface area contributed by atoms with Gasteiger partial charge in [-0.15, -0.1) is 11.3 Å². The first kappa shape index (κ1) is 15.0. The number of nitrogens with two attached hydrogens (primary N) is 1. The van der Waals surface area contributed by atoms with Crippen LogP contribution in [-0.2, 0) is 11.2 Å². The minimum Gasteiger partial charge on any atom is -0.375 e. The summed E-state index contributed by atoms with van der Waals surface area (Å²) in [6, 6.07) is 0.292.